The second-order valence-electron chi connectivity index (χ2n) is 9.37. The molecule has 0 unspecified atom stereocenters. The minimum absolute atomic E-state index is 0.0655. The SMILES string of the molecule is C[C@@H]1CCC[C@@H](C)C(=O)NCCC[C@@H](C)[C@H](O[C@H]2O[C@@H](C)[C@H](O)[C@@H](N)[C@@H]2O)CC1. The second-order valence-corrected chi connectivity index (χ2v) is 9.37. The number of nitrogens with two attached hydrogens (primary N) is 1. The third-order valence-electron chi connectivity index (χ3n) is 6.70. The van der Waals surface area contributed by atoms with Crippen LogP contribution in [0.4, 0.5) is 0 Å². The summed E-state index contributed by atoms with van der Waals surface area (Å²) < 4.78 is 12.0. The fraction of sp³-hybridized carbons (Fsp3) is 0.955. The molecular formula is C22H42N2O5. The summed E-state index contributed by atoms with van der Waals surface area (Å²) in [5, 5.41) is 23.5. The number of aliphatic hydroxyl groups excluding tert-OH is 2. The van der Waals surface area contributed by atoms with E-state index >= 15 is 0 Å². The van der Waals surface area contributed by atoms with Crippen molar-refractivity contribution >= 4 is 5.91 Å². The van der Waals surface area contributed by atoms with E-state index in [1.165, 1.54) is 0 Å². The summed E-state index contributed by atoms with van der Waals surface area (Å²) in [4.78, 5) is 12.2. The van der Waals surface area contributed by atoms with Gasteiger partial charge in [0.05, 0.1) is 24.4 Å². The van der Waals surface area contributed by atoms with Gasteiger partial charge in [0.15, 0.2) is 6.29 Å². The molecule has 2 aliphatic heterocycles. The highest BCUT2D eigenvalue weighted by atomic mass is 16.7. The largest absolute Gasteiger partial charge is 0.389 e. The normalized spacial score (nSPS) is 44.0. The van der Waals surface area contributed by atoms with E-state index in [1.807, 2.05) is 6.92 Å². The maximum Gasteiger partial charge on any atom is 0.222 e. The maximum atomic E-state index is 12.2. The van der Waals surface area contributed by atoms with Crippen LogP contribution >= 0.6 is 0 Å². The molecule has 2 aliphatic rings. The number of carbonyl (C=O) groups excluding carboxylic acids is 1. The van der Waals surface area contributed by atoms with Gasteiger partial charge in [-0.1, -0.05) is 33.6 Å². The van der Waals surface area contributed by atoms with E-state index in [9.17, 15) is 15.0 Å². The van der Waals surface area contributed by atoms with Crippen molar-refractivity contribution in [1.82, 2.24) is 5.32 Å². The van der Waals surface area contributed by atoms with Crippen LogP contribution in [0.1, 0.15) is 72.6 Å². The molecule has 7 heteroatoms. The van der Waals surface area contributed by atoms with Gasteiger partial charge in [-0.3, -0.25) is 4.79 Å². The van der Waals surface area contributed by atoms with Crippen molar-refractivity contribution in [3.8, 4) is 0 Å². The number of rotatable bonds is 2. The third-order valence-corrected chi connectivity index (χ3v) is 6.70. The van der Waals surface area contributed by atoms with Crippen molar-refractivity contribution in [2.75, 3.05) is 6.54 Å². The van der Waals surface area contributed by atoms with E-state index in [0.717, 1.165) is 44.9 Å². The molecule has 0 aromatic rings. The molecule has 29 heavy (non-hydrogen) atoms. The lowest BCUT2D eigenvalue weighted by Gasteiger charge is -2.42. The molecule has 0 bridgehead atoms. The second kappa shape index (κ2) is 11.6. The quantitative estimate of drug-likeness (QED) is 0.549. The monoisotopic (exact) mass is 414 g/mol. The van der Waals surface area contributed by atoms with Crippen LogP contribution in [-0.4, -0.2) is 59.4 Å². The van der Waals surface area contributed by atoms with Crippen molar-refractivity contribution in [3.63, 3.8) is 0 Å². The van der Waals surface area contributed by atoms with Gasteiger partial charge in [-0.25, -0.2) is 0 Å². The smallest absolute Gasteiger partial charge is 0.222 e. The number of nitrogens with one attached hydrogen (secondary N) is 1. The first kappa shape index (κ1) is 24.5. The van der Waals surface area contributed by atoms with Gasteiger partial charge < -0.3 is 30.7 Å². The van der Waals surface area contributed by atoms with Gasteiger partial charge in [0, 0.05) is 12.5 Å². The highest BCUT2D eigenvalue weighted by Gasteiger charge is 2.42. The highest BCUT2D eigenvalue weighted by molar-refractivity contribution is 5.78. The average Bonchev–Trinajstić information content (AvgIpc) is 2.69. The topological polar surface area (TPSA) is 114 Å². The zero-order chi connectivity index (χ0) is 21.6. The summed E-state index contributed by atoms with van der Waals surface area (Å²) in [6.45, 7) is 8.83. The molecule has 0 aromatic carbocycles. The summed E-state index contributed by atoms with van der Waals surface area (Å²) in [7, 11) is 0. The van der Waals surface area contributed by atoms with Crippen LogP contribution in [0.3, 0.4) is 0 Å². The van der Waals surface area contributed by atoms with E-state index in [-0.39, 0.29) is 23.8 Å². The first-order valence-corrected chi connectivity index (χ1v) is 11.4. The molecular weight excluding hydrogens is 372 g/mol. The molecule has 7 nitrogen and oxygen atoms in total. The van der Waals surface area contributed by atoms with Crippen LogP contribution in [0.15, 0.2) is 0 Å². The van der Waals surface area contributed by atoms with Gasteiger partial charge in [-0.2, -0.15) is 0 Å². The molecule has 1 amide bonds. The zero-order valence-corrected chi connectivity index (χ0v) is 18.5. The van der Waals surface area contributed by atoms with Crippen LogP contribution in [0, 0.1) is 17.8 Å². The molecule has 0 aliphatic carbocycles. The molecule has 170 valence electrons. The molecule has 0 saturated carbocycles. The summed E-state index contributed by atoms with van der Waals surface area (Å²) in [5.41, 5.74) is 5.96. The Morgan fingerprint density at radius 3 is 2.45 bits per heavy atom. The molecule has 2 heterocycles. The Kier molecular flexibility index (Phi) is 9.82. The summed E-state index contributed by atoms with van der Waals surface area (Å²) in [5.74, 6) is 1.03. The van der Waals surface area contributed by atoms with E-state index in [2.05, 4.69) is 19.2 Å². The number of aliphatic hydroxyl groups is 2. The van der Waals surface area contributed by atoms with E-state index in [4.69, 9.17) is 15.2 Å². The third kappa shape index (κ3) is 7.17. The Balaban J connectivity index is 2.01. The summed E-state index contributed by atoms with van der Waals surface area (Å²) in [6, 6.07) is -0.784. The fourth-order valence-electron chi connectivity index (χ4n) is 4.33. The van der Waals surface area contributed by atoms with Crippen LogP contribution < -0.4 is 11.1 Å². The zero-order valence-electron chi connectivity index (χ0n) is 18.5. The molecule has 5 N–H and O–H groups in total. The number of hydrogen-bond acceptors (Lipinski definition) is 6. The van der Waals surface area contributed by atoms with Gasteiger partial charge >= 0.3 is 0 Å². The van der Waals surface area contributed by atoms with Gasteiger partial charge in [0.1, 0.15) is 6.10 Å². The van der Waals surface area contributed by atoms with Crippen LogP contribution in [0.25, 0.3) is 0 Å². The fourth-order valence-corrected chi connectivity index (χ4v) is 4.33. The lowest BCUT2D eigenvalue weighted by atomic mass is 9.89. The Bertz CT molecular complexity index is 506. The highest BCUT2D eigenvalue weighted by Crippen LogP contribution is 2.28. The maximum absolute atomic E-state index is 12.2. The van der Waals surface area contributed by atoms with E-state index < -0.39 is 30.6 Å². The predicted molar refractivity (Wildman–Crippen MR) is 112 cm³/mol. The Morgan fingerprint density at radius 1 is 1.00 bits per heavy atom. The van der Waals surface area contributed by atoms with Gasteiger partial charge in [0.2, 0.25) is 5.91 Å². The Labute approximate surface area is 175 Å². The molecule has 0 radical (unpaired) electrons. The average molecular weight is 415 g/mol. The molecule has 2 rings (SSSR count). The number of carbonyl (C=O) groups is 1. The first-order chi connectivity index (χ1) is 13.7. The van der Waals surface area contributed by atoms with Crippen LogP contribution in [-0.2, 0) is 14.3 Å². The number of hydrogen-bond donors (Lipinski definition) is 4. The van der Waals surface area contributed by atoms with E-state index in [0.29, 0.717) is 12.5 Å². The lowest BCUT2D eigenvalue weighted by molar-refractivity contribution is -0.286. The predicted octanol–water partition coefficient (Wildman–Crippen LogP) is 1.93. The van der Waals surface area contributed by atoms with Crippen molar-refractivity contribution in [2.24, 2.45) is 23.5 Å². The van der Waals surface area contributed by atoms with Crippen molar-refractivity contribution in [1.29, 1.82) is 0 Å². The number of ether oxygens (including phenoxy) is 2. The standard InChI is InChI=1S/C22H42N2O5/c1-13-7-5-8-15(3)21(27)24-12-6-9-14(2)17(11-10-13)29-22-20(26)18(23)19(25)16(4)28-22/h13-20,22,25-26H,5-12,23H2,1-4H3,(H,24,27)/t13-,14-,15-,16+,17-,18-,19+,20+,22-/m1/s1. The van der Waals surface area contributed by atoms with Crippen LogP contribution in [0.5, 0.6) is 0 Å². The van der Waals surface area contributed by atoms with Crippen LogP contribution in [0.2, 0.25) is 0 Å². The van der Waals surface area contributed by atoms with E-state index in [1.54, 1.807) is 6.92 Å². The Morgan fingerprint density at radius 2 is 1.72 bits per heavy atom. The van der Waals surface area contributed by atoms with Gasteiger partial charge in [0.25, 0.3) is 0 Å². The lowest BCUT2D eigenvalue weighted by Crippen LogP contribution is -2.61. The molecule has 0 spiro atoms. The molecule has 0 aromatic heterocycles. The minimum atomic E-state index is -1.06. The molecule has 2 saturated heterocycles. The first-order valence-electron chi connectivity index (χ1n) is 11.4. The van der Waals surface area contributed by atoms with Crippen molar-refractivity contribution in [2.45, 2.75) is 109 Å². The summed E-state index contributed by atoms with van der Waals surface area (Å²) in [6.07, 6.45) is 3.45. The van der Waals surface area contributed by atoms with Crippen molar-refractivity contribution in [3.05, 3.63) is 0 Å². The van der Waals surface area contributed by atoms with Gasteiger partial charge in [-0.05, 0) is 50.9 Å². The van der Waals surface area contributed by atoms with Gasteiger partial charge in [-0.15, -0.1) is 0 Å². The number of amides is 1. The molecule has 9 atom stereocenters. The molecule has 2 fully saturated rings. The Hall–Kier alpha value is -0.730. The minimum Gasteiger partial charge on any atom is -0.389 e. The summed E-state index contributed by atoms with van der Waals surface area (Å²) >= 11 is 0. The van der Waals surface area contributed by atoms with Crippen molar-refractivity contribution < 1.29 is 24.5 Å².